The summed E-state index contributed by atoms with van der Waals surface area (Å²) in [7, 11) is 3.51. The largest absolute Gasteiger partial charge is 0.433 e. The van der Waals surface area contributed by atoms with Crippen molar-refractivity contribution in [2.24, 2.45) is 0 Å². The molecule has 6 rings (SSSR count). The van der Waals surface area contributed by atoms with Crippen LogP contribution < -0.4 is 0 Å². The number of nitrogens with one attached hydrogen (secondary N) is 1. The zero-order valence-corrected chi connectivity index (χ0v) is 23.8. The Hall–Kier alpha value is -4.35. The van der Waals surface area contributed by atoms with Gasteiger partial charge in [0.2, 0.25) is 0 Å². The van der Waals surface area contributed by atoms with E-state index in [9.17, 15) is 23.2 Å². The van der Waals surface area contributed by atoms with Gasteiger partial charge in [-0.05, 0) is 50.7 Å². The molecule has 0 bridgehead atoms. The Bertz CT molecular complexity index is 1670. The second-order valence-corrected chi connectivity index (χ2v) is 11.6. The van der Waals surface area contributed by atoms with E-state index < -0.39 is 23.3 Å². The lowest BCUT2D eigenvalue weighted by atomic mass is 9.70. The number of carbonyl (C=O) groups excluding carboxylic acids is 1. The number of hydrogen-bond donors (Lipinski definition) is 1. The van der Waals surface area contributed by atoms with Gasteiger partial charge < -0.3 is 14.8 Å². The molecule has 224 valence electrons. The number of fused-ring (bicyclic) bond motifs is 1. The second-order valence-electron chi connectivity index (χ2n) is 11.6. The normalized spacial score (nSPS) is 21.2. The molecule has 1 saturated heterocycles. The van der Waals surface area contributed by atoms with Gasteiger partial charge in [-0.1, -0.05) is 0 Å². The van der Waals surface area contributed by atoms with Crippen LogP contribution in [-0.2, 0) is 18.3 Å². The molecule has 4 aromatic heterocycles. The molecule has 1 aliphatic heterocycles. The van der Waals surface area contributed by atoms with E-state index in [4.69, 9.17) is 0 Å². The number of halogens is 3. The van der Waals surface area contributed by atoms with Crippen molar-refractivity contribution in [3.05, 3.63) is 60.1 Å². The molecule has 0 aromatic carbocycles. The van der Waals surface area contributed by atoms with Gasteiger partial charge in [0, 0.05) is 62.1 Å². The summed E-state index contributed by atoms with van der Waals surface area (Å²) in [6.07, 6.45) is 4.13. The number of H-pyrrole nitrogens is 1. The Morgan fingerprint density at radius 3 is 2.65 bits per heavy atom. The molecule has 5 heterocycles. The van der Waals surface area contributed by atoms with E-state index in [1.54, 1.807) is 30.1 Å². The number of piperazine rings is 1. The SMILES string of the molecule is CN(C)Cc1cc(C(=O)N2CCN([C@H]3C[C@](CC#N)(n4cc(-c5ncnc6[nH]ccc56)cn4)C3)CC2)nc(C(F)(F)F)c1. The fourth-order valence-corrected chi connectivity index (χ4v) is 6.19. The summed E-state index contributed by atoms with van der Waals surface area (Å²) in [4.78, 5) is 34.3. The van der Waals surface area contributed by atoms with E-state index in [0.29, 0.717) is 38.2 Å². The van der Waals surface area contributed by atoms with Crippen LogP contribution >= 0.6 is 0 Å². The van der Waals surface area contributed by atoms with Gasteiger partial charge in [0.15, 0.2) is 0 Å². The van der Waals surface area contributed by atoms with Gasteiger partial charge in [-0.3, -0.25) is 14.4 Å². The van der Waals surface area contributed by atoms with Crippen LogP contribution in [0.15, 0.2) is 43.1 Å². The molecule has 1 aliphatic carbocycles. The summed E-state index contributed by atoms with van der Waals surface area (Å²) in [5.41, 5.74) is 1.05. The van der Waals surface area contributed by atoms with Gasteiger partial charge >= 0.3 is 6.18 Å². The van der Waals surface area contributed by atoms with Crippen LogP contribution in [0.2, 0.25) is 0 Å². The third-order valence-corrected chi connectivity index (χ3v) is 8.35. The van der Waals surface area contributed by atoms with E-state index in [1.807, 2.05) is 23.1 Å². The van der Waals surface area contributed by atoms with Crippen molar-refractivity contribution < 1.29 is 18.0 Å². The Balaban J connectivity index is 1.12. The van der Waals surface area contributed by atoms with Crippen LogP contribution in [0.4, 0.5) is 13.2 Å². The highest BCUT2D eigenvalue weighted by molar-refractivity contribution is 5.92. The summed E-state index contributed by atoms with van der Waals surface area (Å²) in [6, 6.07) is 6.89. The number of aromatic amines is 1. The molecule has 0 unspecified atom stereocenters. The predicted molar refractivity (Wildman–Crippen MR) is 150 cm³/mol. The molecule has 0 atom stereocenters. The highest BCUT2D eigenvalue weighted by atomic mass is 19.4. The standard InChI is InChI=1S/C29H31F3N10O/c1-39(2)16-19-11-23(38-24(12-19)29(30,31)32)27(43)41-9-7-40(8-10-41)21-13-28(14-21,4-5-33)42-17-20(15-37-42)25-22-3-6-34-26(22)36-18-35-25/h3,6,11-12,15,17-18,21H,4,7-10,13-14,16H2,1-2H3,(H,34,35,36)/t21-,28-. The monoisotopic (exact) mass is 592 g/mol. The van der Waals surface area contributed by atoms with Gasteiger partial charge in [0.05, 0.1) is 29.9 Å². The number of nitrogens with zero attached hydrogens (tertiary/aromatic N) is 9. The Morgan fingerprint density at radius 1 is 1.19 bits per heavy atom. The first-order valence-electron chi connectivity index (χ1n) is 14.0. The van der Waals surface area contributed by atoms with Crippen LogP contribution in [0.5, 0.6) is 0 Å². The minimum atomic E-state index is -4.64. The molecular weight excluding hydrogens is 561 g/mol. The molecule has 0 radical (unpaired) electrons. The highest BCUT2D eigenvalue weighted by Crippen LogP contribution is 2.45. The average molecular weight is 593 g/mol. The first-order chi connectivity index (χ1) is 20.6. The summed E-state index contributed by atoms with van der Waals surface area (Å²) >= 11 is 0. The fraction of sp³-hybridized carbons (Fsp3) is 0.448. The third kappa shape index (κ3) is 5.57. The molecule has 0 spiro atoms. The maximum Gasteiger partial charge on any atom is 0.433 e. The maximum atomic E-state index is 13.5. The van der Waals surface area contributed by atoms with E-state index >= 15 is 0 Å². The zero-order valence-electron chi connectivity index (χ0n) is 23.8. The second kappa shape index (κ2) is 11.1. The van der Waals surface area contributed by atoms with Crippen molar-refractivity contribution in [3.8, 4) is 17.3 Å². The number of alkyl halides is 3. The van der Waals surface area contributed by atoms with Crippen molar-refractivity contribution in [3.63, 3.8) is 0 Å². The smallest absolute Gasteiger partial charge is 0.346 e. The van der Waals surface area contributed by atoms with E-state index in [1.165, 1.54) is 12.4 Å². The maximum absolute atomic E-state index is 13.5. The number of aromatic nitrogens is 6. The number of amides is 1. The van der Waals surface area contributed by atoms with E-state index in [2.05, 4.69) is 36.0 Å². The fourth-order valence-electron chi connectivity index (χ4n) is 6.19. The first kappa shape index (κ1) is 28.8. The summed E-state index contributed by atoms with van der Waals surface area (Å²) in [6.45, 7) is 2.19. The summed E-state index contributed by atoms with van der Waals surface area (Å²) < 4.78 is 42.4. The van der Waals surface area contributed by atoms with Gasteiger partial charge in [-0.15, -0.1) is 0 Å². The number of nitriles is 1. The van der Waals surface area contributed by atoms with Crippen molar-refractivity contribution in [1.82, 2.24) is 44.4 Å². The Morgan fingerprint density at radius 2 is 1.95 bits per heavy atom. The average Bonchev–Trinajstić information content (AvgIpc) is 3.64. The molecular formula is C29H31F3N10O. The van der Waals surface area contributed by atoms with Gasteiger partial charge in [-0.2, -0.15) is 23.5 Å². The van der Waals surface area contributed by atoms with Crippen LogP contribution in [0.3, 0.4) is 0 Å². The lowest BCUT2D eigenvalue weighted by Gasteiger charge is -2.52. The van der Waals surface area contributed by atoms with Crippen molar-refractivity contribution >= 4 is 16.9 Å². The van der Waals surface area contributed by atoms with Crippen LogP contribution in [0, 0.1) is 11.3 Å². The van der Waals surface area contributed by atoms with Crippen LogP contribution in [0.25, 0.3) is 22.3 Å². The van der Waals surface area contributed by atoms with Gasteiger partial charge in [-0.25, -0.2) is 15.0 Å². The molecule has 43 heavy (non-hydrogen) atoms. The molecule has 4 aromatic rings. The first-order valence-corrected chi connectivity index (χ1v) is 14.0. The number of hydrogen-bond acceptors (Lipinski definition) is 8. The lowest BCUT2D eigenvalue weighted by Crippen LogP contribution is -2.60. The molecule has 14 heteroatoms. The zero-order chi connectivity index (χ0) is 30.4. The van der Waals surface area contributed by atoms with Crippen LogP contribution in [-0.4, -0.2) is 96.6 Å². The molecule has 2 fully saturated rings. The molecule has 1 saturated carbocycles. The predicted octanol–water partition coefficient (Wildman–Crippen LogP) is 3.53. The lowest BCUT2D eigenvalue weighted by molar-refractivity contribution is -0.141. The minimum Gasteiger partial charge on any atom is -0.346 e. The van der Waals surface area contributed by atoms with E-state index in [0.717, 1.165) is 41.2 Å². The molecule has 1 N–H and O–H groups in total. The number of carbonyl (C=O) groups is 1. The topological polar surface area (TPSA) is 123 Å². The van der Waals surface area contributed by atoms with Gasteiger partial charge in [0.1, 0.15) is 23.4 Å². The molecule has 2 aliphatic rings. The number of pyridine rings is 1. The number of rotatable bonds is 7. The quantitative estimate of drug-likeness (QED) is 0.346. The third-order valence-electron chi connectivity index (χ3n) is 8.35. The molecule has 11 nitrogen and oxygen atoms in total. The van der Waals surface area contributed by atoms with Crippen LogP contribution in [0.1, 0.15) is 41.0 Å². The Labute approximate surface area is 245 Å². The van der Waals surface area contributed by atoms with Gasteiger partial charge in [0.25, 0.3) is 5.91 Å². The van der Waals surface area contributed by atoms with Crippen molar-refractivity contribution in [2.75, 3.05) is 40.3 Å². The van der Waals surface area contributed by atoms with Crippen molar-refractivity contribution in [2.45, 2.75) is 43.6 Å². The summed E-state index contributed by atoms with van der Waals surface area (Å²) in [5, 5.41) is 15.2. The minimum absolute atomic E-state index is 0.188. The van der Waals surface area contributed by atoms with Crippen molar-refractivity contribution in [1.29, 1.82) is 5.26 Å². The molecule has 1 amide bonds. The van der Waals surface area contributed by atoms with E-state index in [-0.39, 0.29) is 18.3 Å². The highest BCUT2D eigenvalue weighted by Gasteiger charge is 2.49. The Kier molecular flexibility index (Phi) is 7.39. The summed E-state index contributed by atoms with van der Waals surface area (Å²) in [5.74, 6) is -0.497.